The Morgan fingerprint density at radius 2 is 2.05 bits per heavy atom. The molecule has 0 aliphatic heterocycles. The van der Waals surface area contributed by atoms with Gasteiger partial charge in [-0.15, -0.1) is 10.2 Å². The molecule has 0 saturated heterocycles. The van der Waals surface area contributed by atoms with Crippen LogP contribution in [0.5, 0.6) is 0 Å². The van der Waals surface area contributed by atoms with Gasteiger partial charge in [0.25, 0.3) is 0 Å². The fraction of sp³-hybridized carbons (Fsp3) is 0.364. The third-order valence-corrected chi connectivity index (χ3v) is 3.99. The minimum atomic E-state index is -4.40. The SMILES string of the molecule is CCNc1cc(C(F)(F)F)cc(Sc2nnc(C)s2)n1. The van der Waals surface area contributed by atoms with E-state index in [0.717, 1.165) is 28.9 Å². The van der Waals surface area contributed by atoms with Crippen molar-refractivity contribution in [2.24, 2.45) is 0 Å². The molecule has 2 rings (SSSR count). The minimum Gasteiger partial charge on any atom is -0.370 e. The van der Waals surface area contributed by atoms with Crippen LogP contribution in [0.3, 0.4) is 0 Å². The zero-order valence-corrected chi connectivity index (χ0v) is 12.3. The first-order chi connectivity index (χ1) is 9.38. The fourth-order valence-electron chi connectivity index (χ4n) is 1.40. The predicted molar refractivity (Wildman–Crippen MR) is 72.2 cm³/mol. The Balaban J connectivity index is 2.33. The van der Waals surface area contributed by atoms with Crippen LogP contribution >= 0.6 is 23.1 Å². The van der Waals surface area contributed by atoms with E-state index in [1.54, 1.807) is 13.8 Å². The van der Waals surface area contributed by atoms with Crippen LogP contribution < -0.4 is 5.32 Å². The van der Waals surface area contributed by atoms with Gasteiger partial charge in [0, 0.05) is 6.54 Å². The van der Waals surface area contributed by atoms with Gasteiger partial charge in [-0.3, -0.25) is 0 Å². The molecule has 1 N–H and O–H groups in total. The van der Waals surface area contributed by atoms with Gasteiger partial charge in [-0.05, 0) is 37.7 Å². The smallest absolute Gasteiger partial charge is 0.370 e. The number of anilines is 1. The second-order valence-corrected chi connectivity index (χ2v) is 6.25. The average molecular weight is 320 g/mol. The van der Waals surface area contributed by atoms with Crippen LogP contribution in [-0.4, -0.2) is 21.7 Å². The highest BCUT2D eigenvalue weighted by Crippen LogP contribution is 2.35. The lowest BCUT2D eigenvalue weighted by molar-refractivity contribution is -0.137. The van der Waals surface area contributed by atoms with Gasteiger partial charge in [0.2, 0.25) is 0 Å². The van der Waals surface area contributed by atoms with Crippen molar-refractivity contribution in [3.8, 4) is 0 Å². The number of halogens is 3. The maximum atomic E-state index is 12.8. The van der Waals surface area contributed by atoms with Crippen LogP contribution in [-0.2, 0) is 6.18 Å². The van der Waals surface area contributed by atoms with E-state index < -0.39 is 11.7 Å². The molecule has 2 heterocycles. The van der Waals surface area contributed by atoms with Crippen molar-refractivity contribution in [2.45, 2.75) is 29.4 Å². The molecule has 0 atom stereocenters. The molecule has 0 fully saturated rings. The molecule has 0 aliphatic rings. The molecule has 2 aromatic heterocycles. The Labute approximate surface area is 121 Å². The number of alkyl halides is 3. The second-order valence-electron chi connectivity index (χ2n) is 3.80. The van der Waals surface area contributed by atoms with E-state index in [1.165, 1.54) is 11.3 Å². The standard InChI is InChI=1S/C11H11F3N4S2/c1-3-15-8-4-7(11(12,13)14)5-9(16-8)20-10-18-17-6(2)19-10/h4-5H,3H2,1-2H3,(H,15,16). The van der Waals surface area contributed by atoms with Crippen LogP contribution in [0.2, 0.25) is 0 Å². The Bertz CT molecular complexity index is 598. The number of nitrogens with one attached hydrogen (secondary N) is 1. The van der Waals surface area contributed by atoms with E-state index >= 15 is 0 Å². The van der Waals surface area contributed by atoms with Crippen molar-refractivity contribution in [1.29, 1.82) is 0 Å². The Hall–Kier alpha value is -1.35. The third-order valence-electron chi connectivity index (χ3n) is 2.19. The van der Waals surface area contributed by atoms with Gasteiger partial charge < -0.3 is 5.32 Å². The molecule has 0 bridgehead atoms. The summed E-state index contributed by atoms with van der Waals surface area (Å²) in [6.45, 7) is 4.07. The number of aryl methyl sites for hydroxylation is 1. The predicted octanol–water partition coefficient (Wildman–Crippen LogP) is 3.84. The van der Waals surface area contributed by atoms with Crippen molar-refractivity contribution >= 4 is 28.9 Å². The van der Waals surface area contributed by atoms with Crippen molar-refractivity contribution in [2.75, 3.05) is 11.9 Å². The molecule has 4 nitrogen and oxygen atoms in total. The van der Waals surface area contributed by atoms with E-state index in [2.05, 4.69) is 20.5 Å². The number of rotatable bonds is 4. The van der Waals surface area contributed by atoms with Gasteiger partial charge in [0.15, 0.2) is 4.34 Å². The molecule has 0 aliphatic carbocycles. The molecule has 0 unspecified atom stereocenters. The summed E-state index contributed by atoms with van der Waals surface area (Å²) in [6.07, 6.45) is -4.40. The minimum absolute atomic E-state index is 0.200. The van der Waals surface area contributed by atoms with Crippen LogP contribution in [0.25, 0.3) is 0 Å². The van der Waals surface area contributed by atoms with Crippen LogP contribution in [0.1, 0.15) is 17.5 Å². The maximum Gasteiger partial charge on any atom is 0.416 e. The van der Waals surface area contributed by atoms with Crippen LogP contribution in [0, 0.1) is 6.92 Å². The molecule has 2 aromatic rings. The first kappa shape index (κ1) is 15.0. The molecular weight excluding hydrogens is 309 g/mol. The lowest BCUT2D eigenvalue weighted by Crippen LogP contribution is -2.08. The van der Waals surface area contributed by atoms with Crippen molar-refractivity contribution in [3.05, 3.63) is 22.7 Å². The molecule has 108 valence electrons. The highest BCUT2D eigenvalue weighted by atomic mass is 32.2. The number of hydrogen-bond donors (Lipinski definition) is 1. The van der Waals surface area contributed by atoms with Gasteiger partial charge in [-0.25, -0.2) is 4.98 Å². The number of pyridine rings is 1. The summed E-state index contributed by atoms with van der Waals surface area (Å²) in [6, 6.07) is 2.02. The summed E-state index contributed by atoms with van der Waals surface area (Å²) in [7, 11) is 0. The topological polar surface area (TPSA) is 50.7 Å². The Kier molecular flexibility index (Phi) is 4.48. The highest BCUT2D eigenvalue weighted by Gasteiger charge is 2.31. The molecule has 0 aromatic carbocycles. The third kappa shape index (κ3) is 3.83. The molecule has 9 heteroatoms. The van der Waals surface area contributed by atoms with Gasteiger partial charge >= 0.3 is 6.18 Å². The maximum absolute atomic E-state index is 12.8. The van der Waals surface area contributed by atoms with E-state index in [-0.39, 0.29) is 10.8 Å². The Morgan fingerprint density at radius 3 is 2.60 bits per heavy atom. The molecule has 0 spiro atoms. The summed E-state index contributed by atoms with van der Waals surface area (Å²) in [5.74, 6) is 0.200. The normalized spacial score (nSPS) is 11.7. The molecule has 20 heavy (non-hydrogen) atoms. The van der Waals surface area contributed by atoms with Crippen molar-refractivity contribution in [1.82, 2.24) is 15.2 Å². The lowest BCUT2D eigenvalue weighted by atomic mass is 10.2. The second kappa shape index (κ2) is 5.96. The lowest BCUT2D eigenvalue weighted by Gasteiger charge is -2.11. The first-order valence-electron chi connectivity index (χ1n) is 5.69. The van der Waals surface area contributed by atoms with E-state index in [1.807, 2.05) is 0 Å². The molecular formula is C11H11F3N4S2. The van der Waals surface area contributed by atoms with E-state index in [9.17, 15) is 13.2 Å². The van der Waals surface area contributed by atoms with Crippen LogP contribution in [0.4, 0.5) is 19.0 Å². The summed E-state index contributed by atoms with van der Waals surface area (Å²) in [5.41, 5.74) is -0.729. The number of nitrogens with zero attached hydrogens (tertiary/aromatic N) is 3. The Morgan fingerprint density at radius 1 is 1.30 bits per heavy atom. The van der Waals surface area contributed by atoms with Gasteiger partial charge in [-0.1, -0.05) is 11.3 Å². The molecule has 0 amide bonds. The molecule has 0 saturated carbocycles. The first-order valence-corrected chi connectivity index (χ1v) is 7.33. The molecule has 0 radical (unpaired) electrons. The zero-order chi connectivity index (χ0) is 14.8. The largest absolute Gasteiger partial charge is 0.416 e. The zero-order valence-electron chi connectivity index (χ0n) is 10.7. The highest BCUT2D eigenvalue weighted by molar-refractivity contribution is 8.01. The van der Waals surface area contributed by atoms with Gasteiger partial charge in [-0.2, -0.15) is 13.2 Å². The summed E-state index contributed by atoms with van der Waals surface area (Å²) in [5, 5.41) is 11.5. The number of hydrogen-bond acceptors (Lipinski definition) is 6. The van der Waals surface area contributed by atoms with E-state index in [4.69, 9.17) is 0 Å². The van der Waals surface area contributed by atoms with Crippen molar-refractivity contribution in [3.63, 3.8) is 0 Å². The average Bonchev–Trinajstić information content (AvgIpc) is 2.74. The summed E-state index contributed by atoms with van der Waals surface area (Å²) < 4.78 is 39.1. The van der Waals surface area contributed by atoms with E-state index in [0.29, 0.717) is 10.9 Å². The quantitative estimate of drug-likeness (QED) is 0.927. The number of aromatic nitrogens is 3. The van der Waals surface area contributed by atoms with Gasteiger partial charge in [0.1, 0.15) is 15.9 Å². The summed E-state index contributed by atoms with van der Waals surface area (Å²) in [4.78, 5) is 4.13. The fourth-order valence-corrected chi connectivity index (χ4v) is 3.19. The summed E-state index contributed by atoms with van der Waals surface area (Å²) >= 11 is 2.39. The van der Waals surface area contributed by atoms with Crippen molar-refractivity contribution < 1.29 is 13.2 Å². The van der Waals surface area contributed by atoms with Crippen LogP contribution in [0.15, 0.2) is 21.5 Å². The monoisotopic (exact) mass is 320 g/mol. The van der Waals surface area contributed by atoms with Gasteiger partial charge in [0.05, 0.1) is 5.56 Å².